The Labute approximate surface area is 98.7 Å². The van der Waals surface area contributed by atoms with Gasteiger partial charge in [-0.2, -0.15) is 0 Å². The van der Waals surface area contributed by atoms with Crippen LogP contribution in [-0.4, -0.2) is 28.2 Å². The molecule has 0 bridgehead atoms. The van der Waals surface area contributed by atoms with Crippen molar-refractivity contribution in [2.45, 2.75) is 12.3 Å². The van der Waals surface area contributed by atoms with Gasteiger partial charge in [-0.3, -0.25) is 0 Å². The Bertz CT molecular complexity index is 564. The molecule has 5 heteroatoms. The number of phenolic OH excluding ortho intramolecular Hbond substituents is 1. The Morgan fingerprint density at radius 3 is 3.00 bits per heavy atom. The zero-order chi connectivity index (χ0) is 11.8. The normalized spacial score (nSPS) is 19.9. The van der Waals surface area contributed by atoms with Crippen LogP contribution in [0.5, 0.6) is 5.75 Å². The quantitative estimate of drug-likeness (QED) is 0.680. The Kier molecular flexibility index (Phi) is 2.33. The summed E-state index contributed by atoms with van der Waals surface area (Å²) in [6, 6.07) is 5.36. The van der Waals surface area contributed by atoms with E-state index in [1.807, 2.05) is 12.1 Å². The number of hydrogen-bond donors (Lipinski definition) is 3. The number of benzene rings is 1. The van der Waals surface area contributed by atoms with Crippen LogP contribution in [0.15, 0.2) is 18.2 Å². The minimum Gasteiger partial charge on any atom is -0.506 e. The number of para-hydroxylation sites is 1. The molecule has 1 fully saturated rings. The molecule has 1 unspecified atom stereocenters. The minimum absolute atomic E-state index is 0.156. The van der Waals surface area contributed by atoms with E-state index in [1.54, 1.807) is 6.07 Å². The smallest absolute Gasteiger partial charge is 0.220 e. The van der Waals surface area contributed by atoms with Gasteiger partial charge < -0.3 is 16.2 Å². The summed E-state index contributed by atoms with van der Waals surface area (Å²) in [5.41, 5.74) is 7.19. The van der Waals surface area contributed by atoms with Gasteiger partial charge in [-0.15, -0.1) is 0 Å². The number of anilines is 1. The molecule has 88 valence electrons. The van der Waals surface area contributed by atoms with E-state index in [4.69, 9.17) is 5.73 Å². The van der Waals surface area contributed by atoms with Crippen LogP contribution in [0.4, 0.5) is 5.95 Å². The van der Waals surface area contributed by atoms with E-state index >= 15 is 0 Å². The van der Waals surface area contributed by atoms with E-state index in [9.17, 15) is 5.11 Å². The maximum Gasteiger partial charge on any atom is 0.220 e. The number of aromatic hydroxyl groups is 1. The fourth-order valence-corrected chi connectivity index (χ4v) is 2.38. The first-order valence-electron chi connectivity index (χ1n) is 5.71. The lowest BCUT2D eigenvalue weighted by atomic mass is 10.00. The molecule has 0 saturated carbocycles. The third-order valence-electron chi connectivity index (χ3n) is 3.20. The average Bonchev–Trinajstić information content (AvgIpc) is 2.83. The van der Waals surface area contributed by atoms with Crippen LogP contribution < -0.4 is 11.1 Å². The zero-order valence-electron chi connectivity index (χ0n) is 9.35. The van der Waals surface area contributed by atoms with Gasteiger partial charge in [0.2, 0.25) is 5.95 Å². The van der Waals surface area contributed by atoms with E-state index in [0.29, 0.717) is 11.4 Å². The third kappa shape index (κ3) is 1.68. The van der Waals surface area contributed by atoms with Crippen LogP contribution in [0.25, 0.3) is 10.9 Å². The maximum absolute atomic E-state index is 9.80. The number of nitrogen functional groups attached to an aromatic ring is 1. The molecule has 0 aliphatic carbocycles. The molecule has 2 aromatic rings. The molecule has 0 spiro atoms. The summed E-state index contributed by atoms with van der Waals surface area (Å²) < 4.78 is 0. The Morgan fingerprint density at radius 2 is 2.24 bits per heavy atom. The highest BCUT2D eigenvalue weighted by atomic mass is 16.3. The van der Waals surface area contributed by atoms with E-state index in [-0.39, 0.29) is 11.7 Å². The van der Waals surface area contributed by atoms with E-state index < -0.39 is 0 Å². The van der Waals surface area contributed by atoms with Crippen molar-refractivity contribution < 1.29 is 5.11 Å². The second-order valence-corrected chi connectivity index (χ2v) is 4.33. The second kappa shape index (κ2) is 3.85. The van der Waals surface area contributed by atoms with Gasteiger partial charge in [-0.05, 0) is 19.0 Å². The molecule has 2 heterocycles. The van der Waals surface area contributed by atoms with Gasteiger partial charge in [0.15, 0.2) is 0 Å². The van der Waals surface area contributed by atoms with Gasteiger partial charge in [0.1, 0.15) is 11.3 Å². The number of phenols is 1. The predicted octanol–water partition coefficient (Wildman–Crippen LogP) is 0.994. The molecule has 1 aliphatic rings. The first kappa shape index (κ1) is 10.3. The molecule has 1 atom stereocenters. The first-order valence-corrected chi connectivity index (χ1v) is 5.71. The highest BCUT2D eigenvalue weighted by Gasteiger charge is 2.21. The maximum atomic E-state index is 9.80. The van der Waals surface area contributed by atoms with Gasteiger partial charge in [0.05, 0.1) is 5.69 Å². The number of aromatic nitrogens is 2. The van der Waals surface area contributed by atoms with Gasteiger partial charge in [-0.1, -0.05) is 12.1 Å². The fraction of sp³-hybridized carbons (Fsp3) is 0.333. The second-order valence-electron chi connectivity index (χ2n) is 4.33. The molecule has 1 aromatic heterocycles. The minimum atomic E-state index is 0.156. The van der Waals surface area contributed by atoms with Crippen LogP contribution in [0.2, 0.25) is 0 Å². The van der Waals surface area contributed by atoms with E-state index in [1.165, 1.54) is 0 Å². The molecular weight excluding hydrogens is 216 g/mol. The first-order chi connectivity index (χ1) is 8.25. The van der Waals surface area contributed by atoms with Crippen molar-refractivity contribution in [1.82, 2.24) is 15.3 Å². The number of nitrogens with zero attached hydrogens (tertiary/aromatic N) is 2. The highest BCUT2D eigenvalue weighted by Crippen LogP contribution is 2.31. The van der Waals surface area contributed by atoms with Crippen LogP contribution in [0.3, 0.4) is 0 Å². The molecule has 1 saturated heterocycles. The van der Waals surface area contributed by atoms with Crippen LogP contribution >= 0.6 is 0 Å². The number of rotatable bonds is 1. The lowest BCUT2D eigenvalue weighted by Gasteiger charge is -2.12. The number of nitrogens with two attached hydrogens (primary N) is 1. The van der Waals surface area contributed by atoms with Crippen molar-refractivity contribution in [3.63, 3.8) is 0 Å². The van der Waals surface area contributed by atoms with Gasteiger partial charge >= 0.3 is 0 Å². The van der Waals surface area contributed by atoms with Crippen molar-refractivity contribution in [3.05, 3.63) is 23.9 Å². The van der Waals surface area contributed by atoms with Crippen molar-refractivity contribution >= 4 is 16.9 Å². The third-order valence-corrected chi connectivity index (χ3v) is 3.20. The van der Waals surface area contributed by atoms with Gasteiger partial charge in [0.25, 0.3) is 0 Å². The molecule has 3 rings (SSSR count). The Balaban J connectivity index is 2.25. The molecule has 0 radical (unpaired) electrons. The number of hydrogen-bond acceptors (Lipinski definition) is 5. The van der Waals surface area contributed by atoms with Gasteiger partial charge in [0, 0.05) is 17.8 Å². The summed E-state index contributed by atoms with van der Waals surface area (Å²) in [6.45, 7) is 1.90. The fourth-order valence-electron chi connectivity index (χ4n) is 2.38. The highest BCUT2D eigenvalue weighted by molar-refractivity contribution is 5.87. The average molecular weight is 230 g/mol. The monoisotopic (exact) mass is 230 g/mol. The molecule has 4 N–H and O–H groups in total. The predicted molar refractivity (Wildman–Crippen MR) is 65.8 cm³/mol. The lowest BCUT2D eigenvalue weighted by Crippen LogP contribution is -2.10. The summed E-state index contributed by atoms with van der Waals surface area (Å²) in [5.74, 6) is 0.731. The zero-order valence-corrected chi connectivity index (χ0v) is 9.35. The topological polar surface area (TPSA) is 84.1 Å². The largest absolute Gasteiger partial charge is 0.506 e. The number of fused-ring (bicyclic) bond motifs is 1. The molecule has 1 aliphatic heterocycles. The number of nitrogens with one attached hydrogen (secondary N) is 1. The van der Waals surface area contributed by atoms with Crippen molar-refractivity contribution in [2.24, 2.45) is 0 Å². The van der Waals surface area contributed by atoms with Crippen molar-refractivity contribution in [1.29, 1.82) is 0 Å². The molecule has 17 heavy (non-hydrogen) atoms. The summed E-state index contributed by atoms with van der Waals surface area (Å²) in [5, 5.41) is 14.0. The standard InChI is InChI=1S/C12H14N4O/c13-12-15-10(7-4-5-14-6-7)8-2-1-3-9(17)11(8)16-12/h1-3,7,14,17H,4-6H2,(H2,13,15,16). The Hall–Kier alpha value is -1.88. The van der Waals surface area contributed by atoms with E-state index in [2.05, 4.69) is 15.3 Å². The lowest BCUT2D eigenvalue weighted by molar-refractivity contribution is 0.480. The van der Waals surface area contributed by atoms with Crippen LogP contribution in [0.1, 0.15) is 18.0 Å². The summed E-state index contributed by atoms with van der Waals surface area (Å²) in [6.07, 6.45) is 1.04. The van der Waals surface area contributed by atoms with Crippen molar-refractivity contribution in [3.8, 4) is 5.75 Å². The summed E-state index contributed by atoms with van der Waals surface area (Å²) >= 11 is 0. The molecular formula is C12H14N4O. The van der Waals surface area contributed by atoms with E-state index in [0.717, 1.165) is 30.6 Å². The Morgan fingerprint density at radius 1 is 1.35 bits per heavy atom. The molecule has 5 nitrogen and oxygen atoms in total. The van der Waals surface area contributed by atoms with Crippen LogP contribution in [-0.2, 0) is 0 Å². The SMILES string of the molecule is Nc1nc(C2CCNC2)c2cccc(O)c2n1. The molecule has 1 aromatic carbocycles. The summed E-state index contributed by atoms with van der Waals surface area (Å²) in [4.78, 5) is 8.44. The van der Waals surface area contributed by atoms with Crippen LogP contribution in [0, 0.1) is 0 Å². The molecule has 0 amide bonds. The van der Waals surface area contributed by atoms with Crippen molar-refractivity contribution in [2.75, 3.05) is 18.8 Å². The summed E-state index contributed by atoms with van der Waals surface area (Å²) in [7, 11) is 0. The van der Waals surface area contributed by atoms with Gasteiger partial charge in [-0.25, -0.2) is 9.97 Å².